The van der Waals surface area contributed by atoms with E-state index in [1.165, 1.54) is 0 Å². The first kappa shape index (κ1) is 10.2. The van der Waals surface area contributed by atoms with Gasteiger partial charge in [0.15, 0.2) is 0 Å². The van der Waals surface area contributed by atoms with Gasteiger partial charge < -0.3 is 0 Å². The van der Waals surface area contributed by atoms with E-state index < -0.39 is 14.3 Å². The lowest BCUT2D eigenvalue weighted by Gasteiger charge is -2.04. The van der Waals surface area contributed by atoms with Crippen LogP contribution in [0.4, 0.5) is 0 Å². The molecule has 0 radical (unpaired) electrons. The van der Waals surface area contributed by atoms with Crippen LogP contribution >= 0.6 is 10.7 Å². The molecule has 0 aromatic heterocycles. The smallest absolute Gasteiger partial charge is 0.212 e. The molecule has 0 bridgehead atoms. The van der Waals surface area contributed by atoms with Crippen molar-refractivity contribution in [3.8, 4) is 0 Å². The third kappa shape index (κ3) is 4.12. The van der Waals surface area contributed by atoms with Crippen LogP contribution in [0, 0.1) is 0 Å². The molecule has 0 aliphatic rings. The van der Waals surface area contributed by atoms with Crippen molar-refractivity contribution in [1.82, 2.24) is 0 Å². The van der Waals surface area contributed by atoms with Gasteiger partial charge in [-0.1, -0.05) is 19.8 Å². The lowest BCUT2D eigenvalue weighted by atomic mass is 10.2. The molecule has 2 nitrogen and oxygen atoms in total. The Balaban J connectivity index is 3.75. The first-order chi connectivity index (χ1) is 4.48. The van der Waals surface area contributed by atoms with Gasteiger partial charge in [0.25, 0.3) is 0 Å². The zero-order valence-electron chi connectivity index (χ0n) is 6.30. The number of unbranched alkanes of at least 4 members (excludes halogenated alkanes) is 1. The van der Waals surface area contributed by atoms with Gasteiger partial charge in [0.05, 0.1) is 5.25 Å². The normalized spacial score (nSPS) is 15.1. The van der Waals surface area contributed by atoms with E-state index in [2.05, 4.69) is 0 Å². The fraction of sp³-hybridized carbons (Fsp3) is 1.00. The van der Waals surface area contributed by atoms with Crippen LogP contribution in [0.2, 0.25) is 0 Å². The highest BCUT2D eigenvalue weighted by atomic mass is 35.7. The monoisotopic (exact) mass is 184 g/mol. The molecule has 0 amide bonds. The van der Waals surface area contributed by atoms with Crippen molar-refractivity contribution in [2.24, 2.45) is 0 Å². The van der Waals surface area contributed by atoms with E-state index in [1.54, 1.807) is 6.92 Å². The molecule has 0 rings (SSSR count). The van der Waals surface area contributed by atoms with Gasteiger partial charge in [-0.2, -0.15) is 0 Å². The summed E-state index contributed by atoms with van der Waals surface area (Å²) in [6, 6.07) is 0. The van der Waals surface area contributed by atoms with Gasteiger partial charge in [-0.25, -0.2) is 8.42 Å². The molecule has 1 atom stereocenters. The number of hydrogen-bond acceptors (Lipinski definition) is 2. The van der Waals surface area contributed by atoms with Crippen molar-refractivity contribution in [1.29, 1.82) is 0 Å². The fourth-order valence-electron chi connectivity index (χ4n) is 0.632. The van der Waals surface area contributed by atoms with Gasteiger partial charge in [-0.05, 0) is 13.3 Å². The van der Waals surface area contributed by atoms with E-state index >= 15 is 0 Å². The molecule has 0 aromatic carbocycles. The Morgan fingerprint density at radius 3 is 2.30 bits per heavy atom. The van der Waals surface area contributed by atoms with Crippen LogP contribution in [-0.4, -0.2) is 13.7 Å². The molecule has 0 unspecified atom stereocenters. The second-order valence-corrected chi connectivity index (χ2v) is 5.47. The van der Waals surface area contributed by atoms with Crippen LogP contribution < -0.4 is 0 Å². The molecule has 0 fully saturated rings. The van der Waals surface area contributed by atoms with Crippen molar-refractivity contribution < 1.29 is 8.42 Å². The summed E-state index contributed by atoms with van der Waals surface area (Å²) in [7, 11) is 1.79. The lowest BCUT2D eigenvalue weighted by Crippen LogP contribution is -2.10. The second kappa shape index (κ2) is 4.19. The number of halogens is 1. The van der Waals surface area contributed by atoms with Crippen molar-refractivity contribution in [3.05, 3.63) is 0 Å². The fourth-order valence-corrected chi connectivity index (χ4v) is 1.35. The third-order valence-electron chi connectivity index (χ3n) is 1.44. The minimum atomic E-state index is -3.30. The Labute approximate surface area is 67.0 Å². The van der Waals surface area contributed by atoms with E-state index in [-0.39, 0.29) is 0 Å². The van der Waals surface area contributed by atoms with Crippen LogP contribution in [0.25, 0.3) is 0 Å². The quantitative estimate of drug-likeness (QED) is 0.628. The summed E-state index contributed by atoms with van der Waals surface area (Å²) in [5.41, 5.74) is 0. The van der Waals surface area contributed by atoms with Gasteiger partial charge in [0, 0.05) is 10.7 Å². The summed E-state index contributed by atoms with van der Waals surface area (Å²) < 4.78 is 21.2. The lowest BCUT2D eigenvalue weighted by molar-refractivity contribution is 0.585. The highest BCUT2D eigenvalue weighted by Gasteiger charge is 2.15. The maximum Gasteiger partial charge on any atom is 0.235 e. The minimum absolute atomic E-state index is 0.394. The predicted octanol–water partition coefficient (Wildman–Crippen LogP) is 2.13. The van der Waals surface area contributed by atoms with Crippen LogP contribution in [0.1, 0.15) is 33.1 Å². The Bertz CT molecular complexity index is 174. The van der Waals surface area contributed by atoms with E-state index in [9.17, 15) is 8.42 Å². The van der Waals surface area contributed by atoms with Crippen molar-refractivity contribution >= 4 is 19.7 Å². The van der Waals surface area contributed by atoms with Crippen molar-refractivity contribution in [2.45, 2.75) is 38.4 Å². The maximum absolute atomic E-state index is 10.6. The second-order valence-electron chi connectivity index (χ2n) is 2.43. The largest absolute Gasteiger partial charge is 0.235 e. The molecule has 0 saturated heterocycles. The average molecular weight is 185 g/mol. The molecular formula is C6H13ClO2S. The maximum atomic E-state index is 10.6. The molecule has 0 spiro atoms. The first-order valence-corrected chi connectivity index (χ1v) is 5.79. The molecule has 0 aliphatic heterocycles. The molecule has 0 N–H and O–H groups in total. The SMILES string of the molecule is CCCC[C@@H](C)S(=O)(=O)Cl. The summed E-state index contributed by atoms with van der Waals surface area (Å²) >= 11 is 0. The van der Waals surface area contributed by atoms with Gasteiger partial charge in [-0.3, -0.25) is 0 Å². The third-order valence-corrected chi connectivity index (χ3v) is 3.55. The Morgan fingerprint density at radius 2 is 2.00 bits per heavy atom. The highest BCUT2D eigenvalue weighted by molar-refractivity contribution is 8.14. The number of hydrogen-bond donors (Lipinski definition) is 0. The topological polar surface area (TPSA) is 34.1 Å². The Morgan fingerprint density at radius 1 is 1.50 bits per heavy atom. The highest BCUT2D eigenvalue weighted by Crippen LogP contribution is 2.12. The van der Waals surface area contributed by atoms with Crippen LogP contribution in [0.15, 0.2) is 0 Å². The summed E-state index contributed by atoms with van der Waals surface area (Å²) in [6.45, 7) is 3.66. The molecular weight excluding hydrogens is 172 g/mol. The first-order valence-electron chi connectivity index (χ1n) is 3.42. The summed E-state index contributed by atoms with van der Waals surface area (Å²) in [6.07, 6.45) is 2.60. The zero-order chi connectivity index (χ0) is 8.20. The Hall–Kier alpha value is 0.240. The van der Waals surface area contributed by atoms with E-state index in [1.807, 2.05) is 6.92 Å². The molecule has 10 heavy (non-hydrogen) atoms. The van der Waals surface area contributed by atoms with Gasteiger partial charge in [0.1, 0.15) is 0 Å². The van der Waals surface area contributed by atoms with E-state index in [0.29, 0.717) is 6.42 Å². The Kier molecular flexibility index (Phi) is 4.29. The minimum Gasteiger partial charge on any atom is -0.212 e. The van der Waals surface area contributed by atoms with Crippen LogP contribution in [-0.2, 0) is 9.05 Å². The van der Waals surface area contributed by atoms with E-state index in [4.69, 9.17) is 10.7 Å². The zero-order valence-corrected chi connectivity index (χ0v) is 7.87. The summed E-state index contributed by atoms with van der Waals surface area (Å²) in [5, 5.41) is -0.394. The van der Waals surface area contributed by atoms with Gasteiger partial charge in [0.2, 0.25) is 9.05 Å². The predicted molar refractivity (Wildman–Crippen MR) is 43.8 cm³/mol. The molecule has 0 aliphatic carbocycles. The van der Waals surface area contributed by atoms with Crippen molar-refractivity contribution in [3.63, 3.8) is 0 Å². The van der Waals surface area contributed by atoms with Crippen LogP contribution in [0.3, 0.4) is 0 Å². The molecule has 62 valence electrons. The molecule has 4 heteroatoms. The molecule has 0 aromatic rings. The van der Waals surface area contributed by atoms with Crippen molar-refractivity contribution in [2.75, 3.05) is 0 Å². The summed E-state index contributed by atoms with van der Waals surface area (Å²) in [5.74, 6) is 0. The molecule has 0 saturated carbocycles. The standard InChI is InChI=1S/C6H13ClO2S/c1-3-4-5-6(2)10(7,8)9/h6H,3-5H2,1-2H3/t6-/m1/s1. The van der Waals surface area contributed by atoms with Gasteiger partial charge in [-0.15, -0.1) is 0 Å². The van der Waals surface area contributed by atoms with Crippen LogP contribution in [0.5, 0.6) is 0 Å². The average Bonchev–Trinajstić information content (AvgIpc) is 1.80. The summed E-state index contributed by atoms with van der Waals surface area (Å²) in [4.78, 5) is 0. The van der Waals surface area contributed by atoms with E-state index in [0.717, 1.165) is 12.8 Å². The van der Waals surface area contributed by atoms with Gasteiger partial charge >= 0.3 is 0 Å². The number of rotatable bonds is 4. The molecule has 0 heterocycles.